The van der Waals surface area contributed by atoms with Gasteiger partial charge in [0.2, 0.25) is 0 Å². The van der Waals surface area contributed by atoms with E-state index in [2.05, 4.69) is 15.9 Å². The number of rotatable bonds is 0. The zero-order chi connectivity index (χ0) is 9.46. The number of benzene rings is 1. The standard InChI is InChI=1S/C6BrClF4/c7-1-3(9)5(11)2(8)6(12)4(1)10. The summed E-state index contributed by atoms with van der Waals surface area (Å²) in [6, 6.07) is 0. The first-order chi connectivity index (χ1) is 5.46. The van der Waals surface area contributed by atoms with Crippen LogP contribution in [0.2, 0.25) is 5.02 Å². The second-order valence-electron chi connectivity index (χ2n) is 1.88. The van der Waals surface area contributed by atoms with Crippen LogP contribution in [0.15, 0.2) is 4.47 Å². The average molecular weight is 263 g/mol. The molecule has 0 heterocycles. The molecule has 0 aliphatic heterocycles. The summed E-state index contributed by atoms with van der Waals surface area (Å²) in [6.07, 6.45) is 0. The van der Waals surface area contributed by atoms with Crippen LogP contribution in [0.25, 0.3) is 0 Å². The van der Waals surface area contributed by atoms with Gasteiger partial charge < -0.3 is 0 Å². The molecule has 1 aromatic rings. The van der Waals surface area contributed by atoms with Crippen LogP contribution < -0.4 is 0 Å². The fraction of sp³-hybridized carbons (Fsp3) is 0. The summed E-state index contributed by atoms with van der Waals surface area (Å²) in [5.41, 5.74) is 0. The first kappa shape index (κ1) is 9.80. The predicted molar refractivity (Wildman–Crippen MR) is 39.0 cm³/mol. The highest BCUT2D eigenvalue weighted by Gasteiger charge is 2.22. The van der Waals surface area contributed by atoms with Crippen LogP contribution in [0, 0.1) is 23.3 Å². The molecule has 0 unspecified atom stereocenters. The Balaban J connectivity index is 3.60. The van der Waals surface area contributed by atoms with E-state index in [9.17, 15) is 17.6 Å². The Morgan fingerprint density at radius 2 is 1.17 bits per heavy atom. The van der Waals surface area contributed by atoms with E-state index in [1.54, 1.807) is 0 Å². The third-order valence-electron chi connectivity index (χ3n) is 1.16. The summed E-state index contributed by atoms with van der Waals surface area (Å²) in [7, 11) is 0. The van der Waals surface area contributed by atoms with Crippen LogP contribution in [0.5, 0.6) is 0 Å². The molecule has 1 aromatic carbocycles. The highest BCUT2D eigenvalue weighted by atomic mass is 79.9. The maximum atomic E-state index is 12.5. The first-order valence-electron chi connectivity index (χ1n) is 2.63. The largest absolute Gasteiger partial charge is 0.202 e. The van der Waals surface area contributed by atoms with Crippen molar-refractivity contribution in [2.45, 2.75) is 0 Å². The summed E-state index contributed by atoms with van der Waals surface area (Å²) >= 11 is 7.24. The molecule has 0 aromatic heterocycles. The number of hydrogen-bond donors (Lipinski definition) is 0. The van der Waals surface area contributed by atoms with Crippen LogP contribution in [0.1, 0.15) is 0 Å². The van der Waals surface area contributed by atoms with Gasteiger partial charge >= 0.3 is 0 Å². The van der Waals surface area contributed by atoms with Crippen molar-refractivity contribution in [2.24, 2.45) is 0 Å². The molecule has 0 saturated carbocycles. The molecule has 66 valence electrons. The van der Waals surface area contributed by atoms with Crippen LogP contribution in [-0.4, -0.2) is 0 Å². The lowest BCUT2D eigenvalue weighted by Crippen LogP contribution is -1.97. The Morgan fingerprint density at radius 1 is 0.833 bits per heavy atom. The van der Waals surface area contributed by atoms with E-state index in [0.717, 1.165) is 0 Å². The molecular formula is C6BrClF4. The van der Waals surface area contributed by atoms with E-state index < -0.39 is 32.8 Å². The Labute approximate surface area is 78.3 Å². The molecule has 0 radical (unpaired) electrons. The van der Waals surface area contributed by atoms with Crippen molar-refractivity contribution in [2.75, 3.05) is 0 Å². The zero-order valence-electron chi connectivity index (χ0n) is 5.27. The third kappa shape index (κ3) is 1.31. The van der Waals surface area contributed by atoms with Gasteiger partial charge in [-0.1, -0.05) is 11.6 Å². The van der Waals surface area contributed by atoms with Crippen LogP contribution in [0.4, 0.5) is 17.6 Å². The van der Waals surface area contributed by atoms with Gasteiger partial charge in [0.1, 0.15) is 5.02 Å². The molecule has 0 bridgehead atoms. The topological polar surface area (TPSA) is 0 Å². The van der Waals surface area contributed by atoms with Crippen molar-refractivity contribution in [3.05, 3.63) is 32.8 Å². The molecule has 0 spiro atoms. The molecule has 0 saturated heterocycles. The van der Waals surface area contributed by atoms with E-state index in [0.29, 0.717) is 0 Å². The number of hydrogen-bond acceptors (Lipinski definition) is 0. The van der Waals surface area contributed by atoms with Crippen molar-refractivity contribution in [1.29, 1.82) is 0 Å². The van der Waals surface area contributed by atoms with Gasteiger partial charge in [0.15, 0.2) is 23.3 Å². The van der Waals surface area contributed by atoms with Crippen molar-refractivity contribution in [1.82, 2.24) is 0 Å². The van der Waals surface area contributed by atoms with Gasteiger partial charge in [0.25, 0.3) is 0 Å². The van der Waals surface area contributed by atoms with E-state index in [4.69, 9.17) is 11.6 Å². The first-order valence-corrected chi connectivity index (χ1v) is 3.80. The van der Waals surface area contributed by atoms with Gasteiger partial charge in [-0.05, 0) is 15.9 Å². The van der Waals surface area contributed by atoms with E-state index in [1.807, 2.05) is 0 Å². The van der Waals surface area contributed by atoms with Gasteiger partial charge in [-0.2, -0.15) is 0 Å². The Kier molecular flexibility index (Phi) is 2.63. The molecule has 6 heteroatoms. The Morgan fingerprint density at radius 3 is 1.50 bits per heavy atom. The molecule has 0 nitrogen and oxygen atoms in total. The minimum absolute atomic E-state index is 0.901. The summed E-state index contributed by atoms with van der Waals surface area (Å²) in [4.78, 5) is 0. The van der Waals surface area contributed by atoms with Gasteiger partial charge in [0.05, 0.1) is 4.47 Å². The summed E-state index contributed by atoms with van der Waals surface area (Å²) < 4.78 is 49.1. The van der Waals surface area contributed by atoms with Gasteiger partial charge in [0, 0.05) is 0 Å². The zero-order valence-corrected chi connectivity index (χ0v) is 7.61. The van der Waals surface area contributed by atoms with Gasteiger partial charge in [-0.25, -0.2) is 17.6 Å². The molecular weight excluding hydrogens is 263 g/mol. The second-order valence-corrected chi connectivity index (χ2v) is 3.05. The lowest BCUT2D eigenvalue weighted by Gasteiger charge is -2.01. The maximum absolute atomic E-state index is 12.5. The van der Waals surface area contributed by atoms with Gasteiger partial charge in [-0.3, -0.25) is 0 Å². The highest BCUT2D eigenvalue weighted by molar-refractivity contribution is 9.10. The van der Waals surface area contributed by atoms with Crippen molar-refractivity contribution < 1.29 is 17.6 Å². The maximum Gasteiger partial charge on any atom is 0.181 e. The molecule has 0 N–H and O–H groups in total. The summed E-state index contributed by atoms with van der Waals surface area (Å²) in [5.74, 6) is -6.30. The minimum atomic E-state index is -1.61. The van der Waals surface area contributed by atoms with Crippen molar-refractivity contribution in [3.63, 3.8) is 0 Å². The Hall–Kier alpha value is -0.290. The quantitative estimate of drug-likeness (QED) is 0.381. The molecule has 12 heavy (non-hydrogen) atoms. The van der Waals surface area contributed by atoms with Gasteiger partial charge in [-0.15, -0.1) is 0 Å². The van der Waals surface area contributed by atoms with Crippen LogP contribution >= 0.6 is 27.5 Å². The molecule has 0 amide bonds. The smallest absolute Gasteiger partial charge is 0.181 e. The monoisotopic (exact) mass is 262 g/mol. The fourth-order valence-electron chi connectivity index (χ4n) is 0.578. The van der Waals surface area contributed by atoms with Crippen molar-refractivity contribution in [3.8, 4) is 0 Å². The van der Waals surface area contributed by atoms with Crippen molar-refractivity contribution >= 4 is 27.5 Å². The van der Waals surface area contributed by atoms with E-state index in [1.165, 1.54) is 0 Å². The second kappa shape index (κ2) is 3.22. The SMILES string of the molecule is Fc1c(F)c(Br)c(F)c(F)c1Cl. The average Bonchev–Trinajstić information content (AvgIpc) is 2.08. The number of halogens is 6. The lowest BCUT2D eigenvalue weighted by atomic mass is 10.3. The minimum Gasteiger partial charge on any atom is -0.202 e. The highest BCUT2D eigenvalue weighted by Crippen LogP contribution is 2.30. The predicted octanol–water partition coefficient (Wildman–Crippen LogP) is 3.66. The van der Waals surface area contributed by atoms with Crippen LogP contribution in [-0.2, 0) is 0 Å². The molecule has 0 aliphatic carbocycles. The normalized spacial score (nSPS) is 10.5. The van der Waals surface area contributed by atoms with E-state index >= 15 is 0 Å². The summed E-state index contributed by atoms with van der Waals surface area (Å²) in [6.45, 7) is 0. The fourth-order valence-corrected chi connectivity index (χ4v) is 1.09. The molecule has 0 fully saturated rings. The molecule has 1 rings (SSSR count). The van der Waals surface area contributed by atoms with E-state index in [-0.39, 0.29) is 0 Å². The van der Waals surface area contributed by atoms with Crippen LogP contribution in [0.3, 0.4) is 0 Å². The third-order valence-corrected chi connectivity index (χ3v) is 2.18. The molecule has 0 atom stereocenters. The lowest BCUT2D eigenvalue weighted by molar-refractivity contribution is 0.447. The summed E-state index contributed by atoms with van der Waals surface area (Å²) in [5, 5.41) is -1.19. The molecule has 0 aliphatic rings. The Bertz CT molecular complexity index is 234.